The first kappa shape index (κ1) is 16.5. The highest BCUT2D eigenvalue weighted by Crippen LogP contribution is 2.21. The van der Waals surface area contributed by atoms with Crippen LogP contribution in [-0.4, -0.2) is 21.4 Å². The van der Waals surface area contributed by atoms with Crippen LogP contribution in [0.2, 0.25) is 0 Å². The van der Waals surface area contributed by atoms with Crippen molar-refractivity contribution in [3.8, 4) is 0 Å². The third-order valence-electron chi connectivity index (χ3n) is 2.81. The maximum Gasteiger partial charge on any atom is 0.294 e. The zero-order chi connectivity index (χ0) is 16.5. The van der Waals surface area contributed by atoms with Gasteiger partial charge in [0.05, 0.1) is 10.6 Å². The van der Waals surface area contributed by atoms with E-state index in [-0.39, 0.29) is 10.5 Å². The summed E-state index contributed by atoms with van der Waals surface area (Å²) in [5.74, 6) is -2.69. The topological polar surface area (TPSA) is 88.5 Å². The Morgan fingerprint density at radius 2 is 1.50 bits per heavy atom. The summed E-state index contributed by atoms with van der Waals surface area (Å²) in [4.78, 5) is -1.03. The van der Waals surface area contributed by atoms with Crippen LogP contribution in [0.1, 0.15) is 5.56 Å². The second-order valence-electron chi connectivity index (χ2n) is 4.45. The van der Waals surface area contributed by atoms with E-state index in [4.69, 9.17) is 4.55 Å². The van der Waals surface area contributed by atoms with Crippen molar-refractivity contribution in [1.82, 2.24) is 0 Å². The van der Waals surface area contributed by atoms with Crippen molar-refractivity contribution in [3.05, 3.63) is 59.7 Å². The van der Waals surface area contributed by atoms with Crippen molar-refractivity contribution in [1.29, 1.82) is 0 Å². The van der Waals surface area contributed by atoms with Crippen molar-refractivity contribution < 1.29 is 30.2 Å². The molecule has 0 spiro atoms. The lowest BCUT2D eigenvalue weighted by atomic mass is 10.2. The van der Waals surface area contributed by atoms with Crippen LogP contribution < -0.4 is 0 Å². The Balaban J connectivity index is 2.33. The molecule has 0 heterocycles. The summed E-state index contributed by atoms with van der Waals surface area (Å²) in [6.07, 6.45) is 0. The SMILES string of the molecule is O=S(=O)(O)c1ccc(CS(=O)(=O)c2ccc(F)cc2F)cc1. The Kier molecular flexibility index (Phi) is 4.32. The average molecular weight is 348 g/mol. The van der Waals surface area contributed by atoms with Crippen molar-refractivity contribution in [2.24, 2.45) is 0 Å². The smallest absolute Gasteiger partial charge is 0.282 e. The first-order valence-electron chi connectivity index (χ1n) is 5.84. The maximum atomic E-state index is 13.5. The fourth-order valence-corrected chi connectivity index (χ4v) is 3.68. The molecule has 2 aromatic rings. The Hall–Kier alpha value is -1.84. The summed E-state index contributed by atoms with van der Waals surface area (Å²) >= 11 is 0. The Bertz CT molecular complexity index is 904. The highest BCUT2D eigenvalue weighted by atomic mass is 32.2. The second-order valence-corrected chi connectivity index (χ2v) is 7.83. The number of halogens is 2. The molecule has 2 rings (SSSR count). The molecular weight excluding hydrogens is 338 g/mol. The van der Waals surface area contributed by atoms with Crippen LogP contribution in [0.25, 0.3) is 0 Å². The quantitative estimate of drug-likeness (QED) is 0.676. The zero-order valence-corrected chi connectivity index (χ0v) is 12.5. The first-order valence-corrected chi connectivity index (χ1v) is 8.93. The van der Waals surface area contributed by atoms with E-state index in [0.717, 1.165) is 24.3 Å². The van der Waals surface area contributed by atoms with Crippen LogP contribution >= 0.6 is 0 Å². The number of hydrogen-bond donors (Lipinski definition) is 1. The van der Waals surface area contributed by atoms with Gasteiger partial charge in [-0.15, -0.1) is 0 Å². The van der Waals surface area contributed by atoms with Crippen molar-refractivity contribution in [2.45, 2.75) is 15.5 Å². The van der Waals surface area contributed by atoms with Gasteiger partial charge in [-0.05, 0) is 29.8 Å². The van der Waals surface area contributed by atoms with Gasteiger partial charge in [0.2, 0.25) is 0 Å². The van der Waals surface area contributed by atoms with E-state index in [1.54, 1.807) is 0 Å². The summed E-state index contributed by atoms with van der Waals surface area (Å²) < 4.78 is 81.1. The van der Waals surface area contributed by atoms with Gasteiger partial charge >= 0.3 is 0 Å². The van der Waals surface area contributed by atoms with Crippen LogP contribution in [0.3, 0.4) is 0 Å². The molecule has 0 saturated heterocycles. The minimum atomic E-state index is -4.38. The summed E-state index contributed by atoms with van der Waals surface area (Å²) in [7, 11) is -8.44. The summed E-state index contributed by atoms with van der Waals surface area (Å²) in [6, 6.07) is 6.55. The molecule has 0 aliphatic heterocycles. The molecule has 0 saturated carbocycles. The van der Waals surface area contributed by atoms with E-state index >= 15 is 0 Å². The number of hydrogen-bond acceptors (Lipinski definition) is 4. The molecule has 5 nitrogen and oxygen atoms in total. The number of sulfone groups is 1. The number of rotatable bonds is 4. The molecule has 0 radical (unpaired) electrons. The third kappa shape index (κ3) is 3.67. The van der Waals surface area contributed by atoms with Gasteiger partial charge in [0.1, 0.15) is 16.5 Å². The summed E-state index contributed by atoms with van der Waals surface area (Å²) in [6.45, 7) is 0. The molecular formula is C13H10F2O5S2. The predicted octanol–water partition coefficient (Wildman–Crippen LogP) is 2.19. The van der Waals surface area contributed by atoms with Crippen LogP contribution in [0.4, 0.5) is 8.78 Å². The minimum Gasteiger partial charge on any atom is -0.282 e. The van der Waals surface area contributed by atoms with Crippen molar-refractivity contribution in [2.75, 3.05) is 0 Å². The standard InChI is InChI=1S/C13H10F2O5S2/c14-10-3-6-13(12(15)7-10)21(16,17)8-9-1-4-11(5-2-9)22(18,19)20/h1-7H,8H2,(H,18,19,20). The average Bonchev–Trinajstić information content (AvgIpc) is 2.37. The largest absolute Gasteiger partial charge is 0.294 e. The van der Waals surface area contributed by atoms with Gasteiger partial charge in [-0.3, -0.25) is 4.55 Å². The van der Waals surface area contributed by atoms with E-state index in [2.05, 4.69) is 0 Å². The summed E-state index contributed by atoms with van der Waals surface area (Å²) in [5.41, 5.74) is 0.191. The van der Waals surface area contributed by atoms with Crippen LogP contribution in [0.5, 0.6) is 0 Å². The normalized spacial score (nSPS) is 12.3. The van der Waals surface area contributed by atoms with E-state index in [1.807, 2.05) is 0 Å². The molecule has 0 aliphatic carbocycles. The van der Waals surface area contributed by atoms with E-state index in [9.17, 15) is 25.6 Å². The highest BCUT2D eigenvalue weighted by Gasteiger charge is 2.20. The molecule has 118 valence electrons. The van der Waals surface area contributed by atoms with Crippen LogP contribution in [-0.2, 0) is 25.7 Å². The molecule has 0 unspecified atom stereocenters. The Labute approximate surface area is 125 Å². The molecule has 0 bridgehead atoms. The third-order valence-corrected chi connectivity index (χ3v) is 5.39. The highest BCUT2D eigenvalue weighted by molar-refractivity contribution is 7.90. The van der Waals surface area contributed by atoms with Crippen LogP contribution in [0.15, 0.2) is 52.3 Å². The fraction of sp³-hybridized carbons (Fsp3) is 0.0769. The first-order chi connectivity index (χ1) is 10.1. The molecule has 2 aromatic carbocycles. The molecule has 22 heavy (non-hydrogen) atoms. The van der Waals surface area contributed by atoms with Crippen molar-refractivity contribution >= 4 is 20.0 Å². The lowest BCUT2D eigenvalue weighted by Gasteiger charge is -2.06. The fourth-order valence-electron chi connectivity index (χ4n) is 1.78. The minimum absolute atomic E-state index is 0.191. The molecule has 0 atom stereocenters. The maximum absolute atomic E-state index is 13.5. The lowest BCUT2D eigenvalue weighted by Crippen LogP contribution is -2.08. The lowest BCUT2D eigenvalue weighted by molar-refractivity contribution is 0.483. The number of benzene rings is 2. The second kappa shape index (κ2) is 5.75. The van der Waals surface area contributed by atoms with E-state index < -0.39 is 42.2 Å². The van der Waals surface area contributed by atoms with Gasteiger partial charge in [-0.2, -0.15) is 8.42 Å². The molecule has 9 heteroatoms. The molecule has 0 amide bonds. The van der Waals surface area contributed by atoms with Gasteiger partial charge < -0.3 is 0 Å². The van der Waals surface area contributed by atoms with E-state index in [0.29, 0.717) is 6.07 Å². The van der Waals surface area contributed by atoms with Crippen molar-refractivity contribution in [3.63, 3.8) is 0 Å². The summed E-state index contributed by atoms with van der Waals surface area (Å²) in [5, 5.41) is 0. The zero-order valence-electron chi connectivity index (χ0n) is 10.9. The van der Waals surface area contributed by atoms with Crippen LogP contribution in [0, 0.1) is 11.6 Å². The monoisotopic (exact) mass is 348 g/mol. The van der Waals surface area contributed by atoms with Gasteiger partial charge in [0, 0.05) is 6.07 Å². The molecule has 0 fully saturated rings. The van der Waals surface area contributed by atoms with E-state index in [1.165, 1.54) is 12.1 Å². The van der Waals surface area contributed by atoms with Gasteiger partial charge in [0.15, 0.2) is 9.84 Å². The molecule has 0 aromatic heterocycles. The van der Waals surface area contributed by atoms with Gasteiger partial charge in [0.25, 0.3) is 10.1 Å². The van der Waals surface area contributed by atoms with Gasteiger partial charge in [-0.1, -0.05) is 12.1 Å². The molecule has 1 N–H and O–H groups in total. The van der Waals surface area contributed by atoms with Gasteiger partial charge in [-0.25, -0.2) is 17.2 Å². The predicted molar refractivity (Wildman–Crippen MR) is 73.5 cm³/mol. The Morgan fingerprint density at radius 1 is 0.909 bits per heavy atom. The molecule has 0 aliphatic rings. The Morgan fingerprint density at radius 3 is 2.00 bits per heavy atom.